The Bertz CT molecular complexity index is 698. The van der Waals surface area contributed by atoms with E-state index in [1.165, 1.54) is 0 Å². The second-order valence-electron chi connectivity index (χ2n) is 5.85. The molecule has 1 N–H and O–H groups in total. The maximum atomic E-state index is 12.2. The highest BCUT2D eigenvalue weighted by Gasteiger charge is 2.15. The number of halogens is 1. The van der Waals surface area contributed by atoms with E-state index in [-0.39, 0.29) is 12.0 Å². The Hall–Kier alpha value is -2.20. The van der Waals surface area contributed by atoms with Crippen LogP contribution in [-0.2, 0) is 4.79 Å². The second-order valence-corrected chi connectivity index (χ2v) is 6.26. The van der Waals surface area contributed by atoms with Crippen molar-refractivity contribution in [3.05, 3.63) is 53.1 Å². The summed E-state index contributed by atoms with van der Waals surface area (Å²) in [5, 5.41) is 3.49. The van der Waals surface area contributed by atoms with Crippen molar-refractivity contribution in [1.82, 2.24) is 0 Å². The molecule has 1 amide bonds. The predicted molar refractivity (Wildman–Crippen MR) is 97.1 cm³/mol. The topological polar surface area (TPSA) is 47.6 Å². The van der Waals surface area contributed by atoms with E-state index in [0.29, 0.717) is 16.5 Å². The van der Waals surface area contributed by atoms with Gasteiger partial charge in [-0.1, -0.05) is 11.6 Å². The Morgan fingerprint density at radius 1 is 1.00 bits per heavy atom. The summed E-state index contributed by atoms with van der Waals surface area (Å²) >= 11 is 5.99. The molecule has 5 heteroatoms. The van der Waals surface area contributed by atoms with Crippen molar-refractivity contribution >= 4 is 23.2 Å². The summed E-state index contributed by atoms with van der Waals surface area (Å²) in [5.74, 6) is 1.16. The van der Waals surface area contributed by atoms with Gasteiger partial charge in [0, 0.05) is 10.7 Å². The first kappa shape index (κ1) is 18.1. The van der Waals surface area contributed by atoms with Crippen LogP contribution in [0.3, 0.4) is 0 Å². The van der Waals surface area contributed by atoms with Gasteiger partial charge in [0.2, 0.25) is 0 Å². The molecule has 128 valence electrons. The van der Waals surface area contributed by atoms with Gasteiger partial charge < -0.3 is 14.8 Å². The van der Waals surface area contributed by atoms with Crippen molar-refractivity contribution in [2.45, 2.75) is 39.9 Å². The monoisotopic (exact) mass is 347 g/mol. The fourth-order valence-corrected chi connectivity index (χ4v) is 2.20. The highest BCUT2D eigenvalue weighted by atomic mass is 35.5. The van der Waals surface area contributed by atoms with Crippen molar-refractivity contribution < 1.29 is 14.3 Å². The van der Waals surface area contributed by atoms with Crippen LogP contribution < -0.4 is 14.8 Å². The van der Waals surface area contributed by atoms with Crippen LogP contribution in [0.25, 0.3) is 0 Å². The zero-order chi connectivity index (χ0) is 17.7. The van der Waals surface area contributed by atoms with Gasteiger partial charge in [-0.2, -0.15) is 0 Å². The van der Waals surface area contributed by atoms with Gasteiger partial charge in [0.05, 0.1) is 6.10 Å². The quantitative estimate of drug-likeness (QED) is 0.813. The molecule has 2 aromatic carbocycles. The molecular formula is C19H22ClNO3. The maximum absolute atomic E-state index is 12.2. The molecule has 0 spiro atoms. The summed E-state index contributed by atoms with van der Waals surface area (Å²) in [6.07, 6.45) is -0.515. The first-order valence-corrected chi connectivity index (χ1v) is 8.23. The number of hydrogen-bond donors (Lipinski definition) is 1. The molecule has 2 aromatic rings. The van der Waals surface area contributed by atoms with Gasteiger partial charge in [-0.25, -0.2) is 0 Å². The van der Waals surface area contributed by atoms with Gasteiger partial charge in [-0.15, -0.1) is 0 Å². The number of hydrogen-bond acceptors (Lipinski definition) is 3. The van der Waals surface area contributed by atoms with E-state index in [1.807, 2.05) is 39.0 Å². The van der Waals surface area contributed by atoms with Crippen LogP contribution in [0, 0.1) is 6.92 Å². The third-order valence-corrected chi connectivity index (χ3v) is 3.73. The number of ether oxygens (including phenoxy) is 2. The number of nitrogens with one attached hydrogen (secondary N) is 1. The minimum atomic E-state index is -0.628. The van der Waals surface area contributed by atoms with Crippen molar-refractivity contribution in [2.75, 3.05) is 5.32 Å². The molecule has 0 radical (unpaired) electrons. The number of aryl methyl sites for hydroxylation is 1. The van der Waals surface area contributed by atoms with Gasteiger partial charge in [0.1, 0.15) is 11.5 Å². The summed E-state index contributed by atoms with van der Waals surface area (Å²) in [6, 6.07) is 12.6. The molecule has 0 aliphatic rings. The summed E-state index contributed by atoms with van der Waals surface area (Å²) in [7, 11) is 0. The third-order valence-electron chi connectivity index (χ3n) is 3.31. The molecule has 0 saturated carbocycles. The van der Waals surface area contributed by atoms with Gasteiger partial charge in [-0.05, 0) is 75.7 Å². The SMILES string of the molecule is Cc1cc(OC(C)C(=O)Nc2ccc(OC(C)C)cc2)ccc1Cl. The lowest BCUT2D eigenvalue weighted by Crippen LogP contribution is -2.30. The molecule has 1 atom stereocenters. The molecule has 0 fully saturated rings. The largest absolute Gasteiger partial charge is 0.491 e. The van der Waals surface area contributed by atoms with Crippen molar-refractivity contribution in [3.8, 4) is 11.5 Å². The minimum absolute atomic E-state index is 0.113. The lowest BCUT2D eigenvalue weighted by atomic mass is 10.2. The summed E-state index contributed by atoms with van der Waals surface area (Å²) in [5.41, 5.74) is 1.60. The number of carbonyl (C=O) groups excluding carboxylic acids is 1. The van der Waals surface area contributed by atoms with Crippen LogP contribution in [0.15, 0.2) is 42.5 Å². The summed E-state index contributed by atoms with van der Waals surface area (Å²) in [4.78, 5) is 12.2. The van der Waals surface area contributed by atoms with E-state index in [1.54, 1.807) is 31.2 Å². The van der Waals surface area contributed by atoms with E-state index < -0.39 is 6.10 Å². The maximum Gasteiger partial charge on any atom is 0.265 e. The van der Waals surface area contributed by atoms with Crippen LogP contribution in [0.2, 0.25) is 5.02 Å². The Morgan fingerprint density at radius 3 is 2.21 bits per heavy atom. The molecule has 24 heavy (non-hydrogen) atoms. The van der Waals surface area contributed by atoms with Crippen LogP contribution in [0.4, 0.5) is 5.69 Å². The lowest BCUT2D eigenvalue weighted by Gasteiger charge is -2.16. The van der Waals surface area contributed by atoms with E-state index in [2.05, 4.69) is 5.32 Å². The molecule has 0 bridgehead atoms. The lowest BCUT2D eigenvalue weighted by molar-refractivity contribution is -0.122. The first-order chi connectivity index (χ1) is 11.3. The molecule has 0 aliphatic carbocycles. The molecule has 4 nitrogen and oxygen atoms in total. The molecule has 2 rings (SSSR count). The standard InChI is InChI=1S/C19H22ClNO3/c1-12(2)23-16-7-5-15(6-8-16)21-19(22)14(4)24-17-9-10-18(20)13(3)11-17/h5-12,14H,1-4H3,(H,21,22). The second kappa shape index (κ2) is 8.06. The van der Waals surface area contributed by atoms with Gasteiger partial charge in [-0.3, -0.25) is 4.79 Å². The Morgan fingerprint density at radius 2 is 1.62 bits per heavy atom. The molecule has 1 unspecified atom stereocenters. The van der Waals surface area contributed by atoms with Crippen LogP contribution in [-0.4, -0.2) is 18.1 Å². The van der Waals surface area contributed by atoms with Crippen LogP contribution in [0.1, 0.15) is 26.3 Å². The number of rotatable bonds is 6. The Balaban J connectivity index is 1.94. The van der Waals surface area contributed by atoms with E-state index in [4.69, 9.17) is 21.1 Å². The normalized spacial score (nSPS) is 11.9. The average Bonchev–Trinajstić information content (AvgIpc) is 2.52. The van der Waals surface area contributed by atoms with E-state index >= 15 is 0 Å². The van der Waals surface area contributed by atoms with E-state index in [9.17, 15) is 4.79 Å². The van der Waals surface area contributed by atoms with E-state index in [0.717, 1.165) is 11.3 Å². The van der Waals surface area contributed by atoms with Crippen molar-refractivity contribution in [3.63, 3.8) is 0 Å². The highest BCUT2D eigenvalue weighted by Crippen LogP contribution is 2.22. The number of carbonyl (C=O) groups is 1. The first-order valence-electron chi connectivity index (χ1n) is 7.85. The summed E-state index contributed by atoms with van der Waals surface area (Å²) < 4.78 is 11.2. The highest BCUT2D eigenvalue weighted by molar-refractivity contribution is 6.31. The average molecular weight is 348 g/mol. The zero-order valence-corrected chi connectivity index (χ0v) is 15.1. The zero-order valence-electron chi connectivity index (χ0n) is 14.3. The fourth-order valence-electron chi connectivity index (χ4n) is 2.08. The van der Waals surface area contributed by atoms with Gasteiger partial charge in [0.15, 0.2) is 6.10 Å². The number of benzene rings is 2. The fraction of sp³-hybridized carbons (Fsp3) is 0.316. The Kier molecular flexibility index (Phi) is 6.10. The van der Waals surface area contributed by atoms with Crippen molar-refractivity contribution in [1.29, 1.82) is 0 Å². The molecule has 0 heterocycles. The van der Waals surface area contributed by atoms with Gasteiger partial charge >= 0.3 is 0 Å². The number of amides is 1. The molecule has 0 saturated heterocycles. The summed E-state index contributed by atoms with van der Waals surface area (Å²) in [6.45, 7) is 7.52. The molecular weight excluding hydrogens is 326 g/mol. The minimum Gasteiger partial charge on any atom is -0.491 e. The van der Waals surface area contributed by atoms with Crippen molar-refractivity contribution in [2.24, 2.45) is 0 Å². The Labute approximate surface area is 147 Å². The van der Waals surface area contributed by atoms with Crippen LogP contribution in [0.5, 0.6) is 11.5 Å². The third kappa shape index (κ3) is 5.17. The number of anilines is 1. The molecule has 0 aliphatic heterocycles. The molecule has 0 aromatic heterocycles. The predicted octanol–water partition coefficient (Wildman–Crippen LogP) is 4.84. The van der Waals surface area contributed by atoms with Gasteiger partial charge in [0.25, 0.3) is 5.91 Å². The smallest absolute Gasteiger partial charge is 0.265 e. The van der Waals surface area contributed by atoms with Crippen LogP contribution >= 0.6 is 11.6 Å².